The third-order valence-electron chi connectivity index (χ3n) is 7.26. The van der Waals surface area contributed by atoms with Crippen LogP contribution in [0.5, 0.6) is 0 Å². The predicted molar refractivity (Wildman–Crippen MR) is 137 cm³/mol. The van der Waals surface area contributed by atoms with Crippen molar-refractivity contribution >= 4 is 23.4 Å². The second-order valence-corrected chi connectivity index (χ2v) is 9.43. The van der Waals surface area contributed by atoms with Crippen LogP contribution in [0.15, 0.2) is 85.1 Å². The molecule has 5 rings (SSSR count). The number of rotatable bonds is 7. The van der Waals surface area contributed by atoms with Gasteiger partial charge in [0.1, 0.15) is 0 Å². The average molecular weight is 483 g/mol. The van der Waals surface area contributed by atoms with E-state index in [9.17, 15) is 14.4 Å². The molecule has 7 nitrogen and oxygen atoms in total. The summed E-state index contributed by atoms with van der Waals surface area (Å²) in [6, 6.07) is 25.1. The molecule has 2 fully saturated rings. The molecule has 36 heavy (non-hydrogen) atoms. The number of hydrogen-bond acceptors (Lipinski definition) is 5. The highest BCUT2D eigenvalue weighted by atomic mass is 16.2. The number of anilines is 1. The fraction of sp³-hybridized carbons (Fsp3) is 0.310. The molecule has 0 N–H and O–H groups in total. The Morgan fingerprint density at radius 1 is 0.833 bits per heavy atom. The zero-order valence-corrected chi connectivity index (χ0v) is 20.3. The van der Waals surface area contributed by atoms with Gasteiger partial charge in [-0.15, -0.1) is 0 Å². The lowest BCUT2D eigenvalue weighted by atomic mass is 9.75. The van der Waals surface area contributed by atoms with E-state index in [0.717, 1.165) is 30.0 Å². The molecule has 1 atom stereocenters. The maximum Gasteiger partial charge on any atom is 0.240 e. The molecule has 3 heterocycles. The number of amides is 3. The highest BCUT2D eigenvalue weighted by Crippen LogP contribution is 2.40. The van der Waals surface area contributed by atoms with Crippen molar-refractivity contribution in [2.24, 2.45) is 0 Å². The Bertz CT molecular complexity index is 1210. The molecule has 0 spiro atoms. The van der Waals surface area contributed by atoms with Crippen LogP contribution in [-0.2, 0) is 26.2 Å². The van der Waals surface area contributed by atoms with Gasteiger partial charge in [-0.05, 0) is 29.8 Å². The molecule has 1 unspecified atom stereocenters. The van der Waals surface area contributed by atoms with E-state index in [-0.39, 0.29) is 37.1 Å². The number of carbonyl (C=O) groups excluding carboxylic acids is 3. The molecule has 2 aromatic carbocycles. The number of pyridine rings is 1. The molecule has 0 saturated carbocycles. The Morgan fingerprint density at radius 2 is 1.50 bits per heavy atom. The Hall–Kier alpha value is -4.00. The van der Waals surface area contributed by atoms with E-state index in [1.54, 1.807) is 6.20 Å². The molecule has 2 aliphatic rings. The third kappa shape index (κ3) is 4.73. The maximum atomic E-state index is 13.8. The Morgan fingerprint density at radius 3 is 2.17 bits per heavy atom. The van der Waals surface area contributed by atoms with E-state index in [1.165, 1.54) is 4.90 Å². The summed E-state index contributed by atoms with van der Waals surface area (Å²) in [6.07, 6.45) is 2.19. The number of hydrogen-bond donors (Lipinski definition) is 0. The van der Waals surface area contributed by atoms with E-state index in [2.05, 4.69) is 22.0 Å². The van der Waals surface area contributed by atoms with Gasteiger partial charge < -0.3 is 9.80 Å². The molecule has 3 aromatic rings. The molecule has 2 saturated heterocycles. The summed E-state index contributed by atoms with van der Waals surface area (Å²) < 4.78 is 0. The summed E-state index contributed by atoms with van der Waals surface area (Å²) in [6.45, 7) is 2.90. The van der Waals surface area contributed by atoms with Crippen molar-refractivity contribution < 1.29 is 14.4 Å². The van der Waals surface area contributed by atoms with E-state index in [4.69, 9.17) is 0 Å². The number of aromatic nitrogens is 1. The number of carbonyl (C=O) groups is 3. The molecule has 2 aliphatic heterocycles. The van der Waals surface area contributed by atoms with Gasteiger partial charge in [0.2, 0.25) is 17.7 Å². The first-order valence-electron chi connectivity index (χ1n) is 12.4. The minimum atomic E-state index is -1.17. The minimum Gasteiger partial charge on any atom is -0.368 e. The number of imide groups is 1. The topological polar surface area (TPSA) is 73.8 Å². The van der Waals surface area contributed by atoms with Crippen LogP contribution in [0.1, 0.15) is 24.1 Å². The highest BCUT2D eigenvalue weighted by molar-refractivity contribution is 6.10. The SMILES string of the molecule is O=C(CC1(c2ccccc2)CC(=O)N(CCc2ccccn2)C1=O)N1CCN(c2ccccc2)CC1. The first-order valence-corrected chi connectivity index (χ1v) is 12.4. The van der Waals surface area contributed by atoms with Gasteiger partial charge >= 0.3 is 0 Å². The maximum absolute atomic E-state index is 13.8. The monoisotopic (exact) mass is 482 g/mol. The smallest absolute Gasteiger partial charge is 0.240 e. The molecular weight excluding hydrogens is 452 g/mol. The van der Waals surface area contributed by atoms with Crippen LogP contribution in [0.4, 0.5) is 5.69 Å². The predicted octanol–water partition coefficient (Wildman–Crippen LogP) is 3.06. The lowest BCUT2D eigenvalue weighted by Gasteiger charge is -2.37. The molecular formula is C29H30N4O3. The van der Waals surface area contributed by atoms with Gasteiger partial charge in [-0.1, -0.05) is 54.6 Å². The van der Waals surface area contributed by atoms with Gasteiger partial charge in [0.15, 0.2) is 0 Å². The lowest BCUT2D eigenvalue weighted by Crippen LogP contribution is -2.51. The van der Waals surface area contributed by atoms with Crippen molar-refractivity contribution in [2.75, 3.05) is 37.6 Å². The van der Waals surface area contributed by atoms with Crippen molar-refractivity contribution in [1.29, 1.82) is 0 Å². The van der Waals surface area contributed by atoms with E-state index in [1.807, 2.05) is 71.6 Å². The van der Waals surface area contributed by atoms with Crippen molar-refractivity contribution in [1.82, 2.24) is 14.8 Å². The van der Waals surface area contributed by atoms with Crippen LogP contribution in [0, 0.1) is 0 Å². The van der Waals surface area contributed by atoms with Crippen molar-refractivity contribution in [2.45, 2.75) is 24.7 Å². The lowest BCUT2D eigenvalue weighted by molar-refractivity contribution is -0.142. The van der Waals surface area contributed by atoms with Crippen molar-refractivity contribution in [3.8, 4) is 0 Å². The van der Waals surface area contributed by atoms with Gasteiger partial charge in [-0.3, -0.25) is 24.3 Å². The normalized spacial score (nSPS) is 20.2. The summed E-state index contributed by atoms with van der Waals surface area (Å²) in [5.74, 6) is -0.605. The van der Waals surface area contributed by atoms with Crippen LogP contribution < -0.4 is 4.90 Å². The van der Waals surface area contributed by atoms with Crippen LogP contribution in [0.3, 0.4) is 0 Å². The molecule has 1 aromatic heterocycles. The van der Waals surface area contributed by atoms with Gasteiger partial charge in [-0.25, -0.2) is 0 Å². The standard InChI is InChI=1S/C29H30N4O3/c34-26(32-19-17-31(18-20-32)25-12-5-2-6-13-25)21-29(23-9-3-1-4-10-23)22-27(35)33(28(29)36)16-14-24-11-7-8-15-30-24/h1-13,15H,14,16-22H2. The van der Waals surface area contributed by atoms with Crippen LogP contribution in [-0.4, -0.2) is 65.2 Å². The zero-order valence-electron chi connectivity index (χ0n) is 20.3. The number of nitrogens with zero attached hydrogens (tertiary/aromatic N) is 4. The van der Waals surface area contributed by atoms with Crippen molar-refractivity contribution in [3.05, 3.63) is 96.3 Å². The summed E-state index contributed by atoms with van der Waals surface area (Å²) in [4.78, 5) is 50.2. The Kier molecular flexibility index (Phi) is 6.80. The summed E-state index contributed by atoms with van der Waals surface area (Å²) >= 11 is 0. The van der Waals surface area contributed by atoms with Gasteiger partial charge in [0.25, 0.3) is 0 Å². The molecule has 0 radical (unpaired) electrons. The first kappa shape index (κ1) is 23.7. The second kappa shape index (κ2) is 10.3. The molecule has 3 amide bonds. The number of para-hydroxylation sites is 1. The molecule has 0 bridgehead atoms. The summed E-state index contributed by atoms with van der Waals surface area (Å²) in [7, 11) is 0. The van der Waals surface area contributed by atoms with E-state index < -0.39 is 5.41 Å². The van der Waals surface area contributed by atoms with E-state index in [0.29, 0.717) is 19.5 Å². The Balaban J connectivity index is 1.32. The second-order valence-electron chi connectivity index (χ2n) is 9.43. The first-order chi connectivity index (χ1) is 17.6. The highest BCUT2D eigenvalue weighted by Gasteiger charge is 2.54. The summed E-state index contributed by atoms with van der Waals surface area (Å²) in [5, 5.41) is 0. The van der Waals surface area contributed by atoms with Crippen LogP contribution in [0.25, 0.3) is 0 Å². The fourth-order valence-corrected chi connectivity index (χ4v) is 5.25. The third-order valence-corrected chi connectivity index (χ3v) is 7.26. The zero-order chi connectivity index (χ0) is 25.0. The molecule has 0 aliphatic carbocycles. The van der Waals surface area contributed by atoms with Crippen molar-refractivity contribution in [3.63, 3.8) is 0 Å². The quantitative estimate of drug-likeness (QED) is 0.484. The van der Waals surface area contributed by atoms with Gasteiger partial charge in [0.05, 0.1) is 5.41 Å². The average Bonchev–Trinajstić information content (AvgIpc) is 3.18. The summed E-state index contributed by atoms with van der Waals surface area (Å²) in [5.41, 5.74) is 1.52. The number of piperazine rings is 1. The Labute approximate surface area is 211 Å². The fourth-order valence-electron chi connectivity index (χ4n) is 5.25. The largest absolute Gasteiger partial charge is 0.368 e. The minimum absolute atomic E-state index is 0.00693. The molecule has 7 heteroatoms. The van der Waals surface area contributed by atoms with Crippen LogP contribution >= 0.6 is 0 Å². The van der Waals surface area contributed by atoms with E-state index >= 15 is 0 Å². The number of likely N-dealkylation sites (tertiary alicyclic amines) is 1. The number of benzene rings is 2. The molecule has 184 valence electrons. The van der Waals surface area contributed by atoms with Crippen LogP contribution in [0.2, 0.25) is 0 Å². The van der Waals surface area contributed by atoms with Gasteiger partial charge in [0, 0.05) is 69.6 Å². The van der Waals surface area contributed by atoms with Gasteiger partial charge in [-0.2, -0.15) is 0 Å².